The van der Waals surface area contributed by atoms with Crippen molar-refractivity contribution >= 4 is 35.7 Å². The molecule has 75 heavy (non-hydrogen) atoms. The molecule has 4 aromatic rings. The van der Waals surface area contributed by atoms with E-state index in [-0.39, 0.29) is 60.3 Å². The van der Waals surface area contributed by atoms with Gasteiger partial charge < -0.3 is 57.6 Å². The van der Waals surface area contributed by atoms with Crippen molar-refractivity contribution < 1.29 is 76.8 Å². The van der Waals surface area contributed by atoms with Crippen LogP contribution in [0.2, 0.25) is 0 Å². The van der Waals surface area contributed by atoms with Crippen LogP contribution < -0.4 is 18.9 Å². The van der Waals surface area contributed by atoms with Gasteiger partial charge in [-0.25, -0.2) is 9.59 Å². The van der Waals surface area contributed by atoms with Crippen molar-refractivity contribution in [2.24, 2.45) is 11.8 Å². The number of carbonyl (C=O) groups excluding carboxylic acids is 4. The zero-order valence-corrected chi connectivity index (χ0v) is 43.7. The summed E-state index contributed by atoms with van der Waals surface area (Å²) in [4.78, 5) is 52.9. The Bertz CT molecular complexity index is 2670. The number of aliphatic hydroxyl groups is 2. The lowest BCUT2D eigenvalue weighted by Crippen LogP contribution is -2.33. The van der Waals surface area contributed by atoms with Gasteiger partial charge in [0.1, 0.15) is 58.5 Å². The van der Waals surface area contributed by atoms with Gasteiger partial charge in [0.05, 0.1) is 26.4 Å². The van der Waals surface area contributed by atoms with Crippen LogP contribution in [0.4, 0.5) is 0 Å². The third-order valence-corrected chi connectivity index (χ3v) is 12.7. The molecule has 0 aliphatic carbocycles. The number of cyclic esters (lactones) is 2. The highest BCUT2D eigenvalue weighted by Crippen LogP contribution is 2.36. The molecule has 4 aromatic carbocycles. The van der Waals surface area contributed by atoms with Crippen LogP contribution in [-0.4, -0.2) is 118 Å². The van der Waals surface area contributed by atoms with Crippen molar-refractivity contribution in [1.29, 1.82) is 0 Å². The Morgan fingerprint density at radius 1 is 0.587 bits per heavy atom. The molecule has 0 amide bonds. The molecule has 0 bridgehead atoms. The minimum Gasteiger partial charge on any atom is -0.497 e. The van der Waals surface area contributed by atoms with Crippen LogP contribution in [0, 0.1) is 11.8 Å². The Labute approximate surface area is 438 Å². The summed E-state index contributed by atoms with van der Waals surface area (Å²) in [6, 6.07) is 26.0. The van der Waals surface area contributed by atoms with E-state index in [0.29, 0.717) is 41.9 Å². The fraction of sp³-hybridized carbons (Fsp3) is 0.390. The standard InChI is InChI=1S/C31H36O8.C28H32O8/c1-20-22(16-21-10-7-6-8-11-21)14-15-25(32)29-26(38-31(2,3)39-29)13-9-12-23-17-24(35-5)18-27(36-19-34-4)28(23)30(33)37-20;1-18-20(14-19-8-5-4-6-9-19)12-13-24(30)27(31)23(29)11-7-10-21-15-22(34-3)16-25(35-17-33-2)26(21)28(32)36-18/h6-12,14-15,17-18,20,22,26,29H,13,16,19H2,1-5H3;4-10,12-13,15-16,18,20,23,27,29,31H,11,14,17H2,1-3H3/b12-9+,15-14-;10-7+,13-12-/t20-,22-,26-,29+;18-,20-,23-,27-/m00/s1. The smallest absolute Gasteiger partial charge is 0.342 e. The van der Waals surface area contributed by atoms with Gasteiger partial charge in [-0.2, -0.15) is 0 Å². The molecule has 400 valence electrons. The first-order chi connectivity index (χ1) is 36.0. The van der Waals surface area contributed by atoms with Gasteiger partial charge in [-0.05, 0) is 99.9 Å². The average molecular weight is 1030 g/mol. The van der Waals surface area contributed by atoms with E-state index in [2.05, 4.69) is 0 Å². The molecule has 16 heteroatoms. The third-order valence-electron chi connectivity index (χ3n) is 12.7. The van der Waals surface area contributed by atoms with E-state index in [1.54, 1.807) is 75.4 Å². The van der Waals surface area contributed by atoms with E-state index >= 15 is 0 Å². The van der Waals surface area contributed by atoms with Crippen LogP contribution in [0.5, 0.6) is 23.0 Å². The van der Waals surface area contributed by atoms with Crippen molar-refractivity contribution in [3.8, 4) is 23.0 Å². The number of carbonyl (C=O) groups is 4. The summed E-state index contributed by atoms with van der Waals surface area (Å²) in [7, 11) is 6.00. The molecule has 0 aromatic heterocycles. The molecule has 1 saturated heterocycles. The molecule has 3 aliphatic heterocycles. The monoisotopic (exact) mass is 1030 g/mol. The second-order valence-corrected chi connectivity index (χ2v) is 18.6. The van der Waals surface area contributed by atoms with Crippen LogP contribution in [0.15, 0.2) is 121 Å². The molecule has 0 radical (unpaired) electrons. The quantitative estimate of drug-likeness (QED) is 0.101. The van der Waals surface area contributed by atoms with E-state index in [1.807, 2.05) is 73.7 Å². The largest absolute Gasteiger partial charge is 0.497 e. The maximum Gasteiger partial charge on any atom is 0.342 e. The molecule has 0 unspecified atom stereocenters. The molecule has 3 heterocycles. The van der Waals surface area contributed by atoms with Gasteiger partial charge in [-0.3, -0.25) is 9.59 Å². The average Bonchev–Trinajstić information content (AvgIpc) is 3.72. The molecule has 0 spiro atoms. The maximum atomic E-state index is 13.6. The lowest BCUT2D eigenvalue weighted by atomic mass is 9.93. The maximum absolute atomic E-state index is 13.6. The number of methoxy groups -OCH3 is 4. The first-order valence-electron chi connectivity index (χ1n) is 24.7. The van der Waals surface area contributed by atoms with Crippen molar-refractivity contribution in [3.63, 3.8) is 0 Å². The van der Waals surface area contributed by atoms with Gasteiger partial charge in [-0.15, -0.1) is 0 Å². The highest BCUT2D eigenvalue weighted by Gasteiger charge is 2.44. The number of benzene rings is 4. The predicted octanol–water partition coefficient (Wildman–Crippen LogP) is 8.49. The lowest BCUT2D eigenvalue weighted by Gasteiger charge is -2.23. The number of hydrogen-bond acceptors (Lipinski definition) is 16. The van der Waals surface area contributed by atoms with Gasteiger partial charge in [0.2, 0.25) is 0 Å². The summed E-state index contributed by atoms with van der Waals surface area (Å²) in [6.45, 7) is 6.99. The van der Waals surface area contributed by atoms with E-state index < -0.39 is 60.1 Å². The number of fused-ring (bicyclic) bond motifs is 3. The Balaban J connectivity index is 0.000000245. The minimum absolute atomic E-state index is 0.0233. The van der Waals surface area contributed by atoms with Crippen LogP contribution in [-0.2, 0) is 50.9 Å². The Morgan fingerprint density at radius 2 is 1.04 bits per heavy atom. The minimum atomic E-state index is -1.59. The summed E-state index contributed by atoms with van der Waals surface area (Å²) >= 11 is 0. The number of ketones is 2. The third kappa shape index (κ3) is 16.0. The van der Waals surface area contributed by atoms with Crippen molar-refractivity contribution in [2.75, 3.05) is 42.0 Å². The van der Waals surface area contributed by atoms with Gasteiger partial charge in [0.25, 0.3) is 0 Å². The van der Waals surface area contributed by atoms with E-state index in [0.717, 1.165) is 11.1 Å². The molecule has 2 N–H and O–H groups in total. The number of esters is 2. The van der Waals surface area contributed by atoms with Gasteiger partial charge in [-0.1, -0.05) is 97.1 Å². The normalized spacial score (nSPS) is 25.6. The lowest BCUT2D eigenvalue weighted by molar-refractivity contribution is -0.152. The number of aliphatic hydroxyl groups excluding tert-OH is 2. The highest BCUT2D eigenvalue weighted by molar-refractivity contribution is 5.98. The zero-order valence-electron chi connectivity index (χ0n) is 43.7. The Hall–Kier alpha value is -6.92. The van der Waals surface area contributed by atoms with Crippen molar-refractivity contribution in [1.82, 2.24) is 0 Å². The van der Waals surface area contributed by atoms with Gasteiger partial charge >= 0.3 is 11.9 Å². The van der Waals surface area contributed by atoms with Crippen molar-refractivity contribution in [3.05, 3.63) is 155 Å². The highest BCUT2D eigenvalue weighted by atomic mass is 16.8. The topological polar surface area (TPSA) is 201 Å². The number of ether oxygens (including phenoxy) is 10. The van der Waals surface area contributed by atoms with Crippen molar-refractivity contribution in [2.45, 2.75) is 95.8 Å². The Morgan fingerprint density at radius 3 is 1.49 bits per heavy atom. The predicted molar refractivity (Wildman–Crippen MR) is 279 cm³/mol. The summed E-state index contributed by atoms with van der Waals surface area (Å²) in [5, 5.41) is 20.7. The Kier molecular flexibility index (Phi) is 21.1. The summed E-state index contributed by atoms with van der Waals surface area (Å²) in [5.41, 5.74) is 3.44. The molecular weight excluding hydrogens is 965 g/mol. The fourth-order valence-corrected chi connectivity index (χ4v) is 8.67. The number of rotatable bonds is 12. The van der Waals surface area contributed by atoms with E-state index in [4.69, 9.17) is 47.4 Å². The molecule has 16 nitrogen and oxygen atoms in total. The summed E-state index contributed by atoms with van der Waals surface area (Å²) < 4.78 is 56.3. The first-order valence-corrected chi connectivity index (χ1v) is 24.7. The second kappa shape index (κ2) is 27.6. The summed E-state index contributed by atoms with van der Waals surface area (Å²) in [5.74, 6) is -2.11. The van der Waals surface area contributed by atoms with Crippen LogP contribution in [0.3, 0.4) is 0 Å². The fourth-order valence-electron chi connectivity index (χ4n) is 8.67. The van der Waals surface area contributed by atoms with E-state index in [1.165, 1.54) is 40.6 Å². The first kappa shape index (κ1) is 57.4. The van der Waals surface area contributed by atoms with Gasteiger partial charge in [0, 0.05) is 38.2 Å². The molecular formula is C59H68O16. The molecule has 1 fully saturated rings. The van der Waals surface area contributed by atoms with Crippen LogP contribution in [0.25, 0.3) is 12.2 Å². The van der Waals surface area contributed by atoms with E-state index in [9.17, 15) is 29.4 Å². The van der Waals surface area contributed by atoms with Crippen LogP contribution in [0.1, 0.15) is 83.5 Å². The SMILES string of the molecule is COCOc1cc(OC)cc2c1C(=O)O[C@@H](C)[C@H](Cc1ccccc1)/C=C\C(=O)[C@@H](O)[C@@H](O)C/C=C/2.COCOc1cc(OC)cc2c1C(=O)O[C@@H](C)[C@H](Cc1ccccc1)/C=C\C(=O)[C@H]1OC(C)(C)O[C@H]1C/C=C/2. The number of hydrogen-bond donors (Lipinski definition) is 2. The van der Waals surface area contributed by atoms with Gasteiger partial charge in [0.15, 0.2) is 30.9 Å². The molecule has 3 aliphatic rings. The van der Waals surface area contributed by atoms with Crippen LogP contribution >= 0.6 is 0 Å². The zero-order chi connectivity index (χ0) is 54.1. The molecule has 8 atom stereocenters. The molecule has 7 rings (SSSR count). The summed E-state index contributed by atoms with van der Waals surface area (Å²) in [6.07, 6.45) is 9.02. The second-order valence-electron chi connectivity index (χ2n) is 18.6. The molecule has 0 saturated carbocycles.